The average molecular weight is 377 g/mol. The SMILES string of the molecule is Cc1c(O)ccc2c(CN(C)Cc3nc4ccccc4c(=O)[nH]3)cc(=O)oc12. The number of fused-ring (bicyclic) bond motifs is 2. The molecule has 0 radical (unpaired) electrons. The van der Waals surface area contributed by atoms with Gasteiger partial charge >= 0.3 is 5.63 Å². The lowest BCUT2D eigenvalue weighted by Crippen LogP contribution is -2.22. The van der Waals surface area contributed by atoms with E-state index in [-0.39, 0.29) is 11.3 Å². The first kappa shape index (κ1) is 17.9. The van der Waals surface area contributed by atoms with Crippen molar-refractivity contribution < 1.29 is 9.52 Å². The Balaban J connectivity index is 1.66. The van der Waals surface area contributed by atoms with E-state index in [1.54, 1.807) is 37.3 Å². The number of nitrogens with one attached hydrogen (secondary N) is 1. The van der Waals surface area contributed by atoms with Gasteiger partial charge in [-0.3, -0.25) is 9.69 Å². The minimum absolute atomic E-state index is 0.0825. The highest BCUT2D eigenvalue weighted by atomic mass is 16.4. The Morgan fingerprint density at radius 2 is 1.89 bits per heavy atom. The monoisotopic (exact) mass is 377 g/mol. The number of phenols is 1. The van der Waals surface area contributed by atoms with E-state index in [1.165, 1.54) is 6.07 Å². The van der Waals surface area contributed by atoms with Crippen molar-refractivity contribution in [3.8, 4) is 5.75 Å². The van der Waals surface area contributed by atoms with Crippen molar-refractivity contribution in [2.45, 2.75) is 20.0 Å². The van der Waals surface area contributed by atoms with Crippen molar-refractivity contribution >= 4 is 21.9 Å². The molecule has 7 nitrogen and oxygen atoms in total. The minimum Gasteiger partial charge on any atom is -0.508 e. The van der Waals surface area contributed by atoms with Crippen molar-refractivity contribution in [1.29, 1.82) is 0 Å². The lowest BCUT2D eigenvalue weighted by Gasteiger charge is -2.17. The molecule has 4 aromatic rings. The molecule has 2 aromatic carbocycles. The number of phenolic OH excluding ortho intramolecular Hbond substituents is 1. The van der Waals surface area contributed by atoms with Gasteiger partial charge in [0.2, 0.25) is 0 Å². The van der Waals surface area contributed by atoms with Gasteiger partial charge in [0.15, 0.2) is 0 Å². The van der Waals surface area contributed by atoms with E-state index in [0.717, 1.165) is 10.9 Å². The lowest BCUT2D eigenvalue weighted by molar-refractivity contribution is 0.311. The van der Waals surface area contributed by atoms with E-state index in [0.29, 0.717) is 41.0 Å². The van der Waals surface area contributed by atoms with Crippen molar-refractivity contribution in [2.75, 3.05) is 7.05 Å². The number of aryl methyl sites for hydroxylation is 1. The van der Waals surface area contributed by atoms with Gasteiger partial charge in [-0.2, -0.15) is 0 Å². The van der Waals surface area contributed by atoms with Crippen LogP contribution in [0.4, 0.5) is 0 Å². The Morgan fingerprint density at radius 3 is 2.71 bits per heavy atom. The van der Waals surface area contributed by atoms with Crippen LogP contribution >= 0.6 is 0 Å². The van der Waals surface area contributed by atoms with Gasteiger partial charge in [-0.15, -0.1) is 0 Å². The molecule has 0 spiro atoms. The summed E-state index contributed by atoms with van der Waals surface area (Å²) in [7, 11) is 1.88. The summed E-state index contributed by atoms with van der Waals surface area (Å²) in [6.45, 7) is 2.56. The third-order valence-electron chi connectivity index (χ3n) is 4.74. The Kier molecular flexibility index (Phi) is 4.44. The summed E-state index contributed by atoms with van der Waals surface area (Å²) >= 11 is 0. The second-order valence-corrected chi connectivity index (χ2v) is 6.88. The molecule has 0 amide bonds. The third-order valence-corrected chi connectivity index (χ3v) is 4.74. The van der Waals surface area contributed by atoms with Crippen LogP contribution in [0.1, 0.15) is 17.0 Å². The molecule has 0 aliphatic heterocycles. The molecule has 0 fully saturated rings. The zero-order valence-corrected chi connectivity index (χ0v) is 15.5. The molecule has 0 atom stereocenters. The van der Waals surface area contributed by atoms with Crippen molar-refractivity contribution in [1.82, 2.24) is 14.9 Å². The Bertz CT molecular complexity index is 1310. The van der Waals surface area contributed by atoms with E-state index in [1.807, 2.05) is 18.0 Å². The highest BCUT2D eigenvalue weighted by molar-refractivity contribution is 5.84. The Labute approximate surface area is 159 Å². The molecular weight excluding hydrogens is 358 g/mol. The van der Waals surface area contributed by atoms with Crippen molar-refractivity contribution in [3.05, 3.63) is 80.2 Å². The fraction of sp³-hybridized carbons (Fsp3) is 0.190. The highest BCUT2D eigenvalue weighted by Crippen LogP contribution is 2.27. The fourth-order valence-electron chi connectivity index (χ4n) is 3.36. The summed E-state index contributed by atoms with van der Waals surface area (Å²) in [6, 6.07) is 12.0. The number of aromatic nitrogens is 2. The molecule has 0 bridgehead atoms. The van der Waals surface area contributed by atoms with Crippen LogP contribution in [0.2, 0.25) is 0 Å². The number of H-pyrrole nitrogens is 1. The third kappa shape index (κ3) is 3.27. The molecule has 7 heteroatoms. The maximum absolute atomic E-state index is 12.2. The van der Waals surface area contributed by atoms with Crippen molar-refractivity contribution in [2.24, 2.45) is 0 Å². The fourth-order valence-corrected chi connectivity index (χ4v) is 3.36. The summed E-state index contributed by atoms with van der Waals surface area (Å²) in [6.07, 6.45) is 0. The van der Waals surface area contributed by atoms with Crippen molar-refractivity contribution in [3.63, 3.8) is 0 Å². The first-order valence-electron chi connectivity index (χ1n) is 8.84. The zero-order chi connectivity index (χ0) is 19.8. The number of para-hydroxylation sites is 1. The largest absolute Gasteiger partial charge is 0.508 e. The summed E-state index contributed by atoms with van der Waals surface area (Å²) in [5.41, 5.74) is 1.69. The first-order valence-corrected chi connectivity index (χ1v) is 8.84. The molecule has 4 rings (SSSR count). The van der Waals surface area contributed by atoms with Gasteiger partial charge in [0.25, 0.3) is 5.56 Å². The minimum atomic E-state index is -0.471. The molecule has 142 valence electrons. The van der Waals surface area contributed by atoms with E-state index in [2.05, 4.69) is 9.97 Å². The number of aromatic amines is 1. The maximum Gasteiger partial charge on any atom is 0.336 e. The molecule has 2 aromatic heterocycles. The zero-order valence-electron chi connectivity index (χ0n) is 15.5. The highest BCUT2D eigenvalue weighted by Gasteiger charge is 2.13. The quantitative estimate of drug-likeness (QED) is 0.531. The second kappa shape index (κ2) is 6.94. The van der Waals surface area contributed by atoms with E-state index < -0.39 is 5.63 Å². The van der Waals surface area contributed by atoms with E-state index in [4.69, 9.17) is 4.42 Å². The van der Waals surface area contributed by atoms with Gasteiger partial charge in [-0.1, -0.05) is 12.1 Å². The predicted molar refractivity (Wildman–Crippen MR) is 106 cm³/mol. The number of hydrogen-bond donors (Lipinski definition) is 2. The number of nitrogens with zero attached hydrogens (tertiary/aromatic N) is 2. The standard InChI is InChI=1S/C21H19N3O4/c1-12-17(25)8-7-14-13(9-19(26)28-20(12)14)10-24(2)11-18-22-16-6-4-3-5-15(16)21(27)23-18/h3-9,25H,10-11H2,1-2H3,(H,22,23,27). The average Bonchev–Trinajstić information content (AvgIpc) is 2.65. The smallest absolute Gasteiger partial charge is 0.336 e. The Hall–Kier alpha value is -3.45. The molecule has 0 aliphatic rings. The van der Waals surface area contributed by atoms with Gasteiger partial charge in [0.05, 0.1) is 17.4 Å². The van der Waals surface area contributed by atoms with Crippen LogP contribution < -0.4 is 11.2 Å². The van der Waals surface area contributed by atoms with Gasteiger partial charge in [-0.25, -0.2) is 9.78 Å². The topological polar surface area (TPSA) is 99.4 Å². The molecule has 0 saturated heterocycles. The number of benzene rings is 2. The van der Waals surface area contributed by atoms with Gasteiger partial charge < -0.3 is 14.5 Å². The molecule has 2 N–H and O–H groups in total. The van der Waals surface area contributed by atoms with Crippen LogP contribution in [0, 0.1) is 6.92 Å². The molecule has 28 heavy (non-hydrogen) atoms. The maximum atomic E-state index is 12.2. The predicted octanol–water partition coefficient (Wildman–Crippen LogP) is 2.68. The number of aromatic hydroxyl groups is 1. The van der Waals surface area contributed by atoms with Gasteiger partial charge in [-0.05, 0) is 43.8 Å². The van der Waals surface area contributed by atoms with Crippen LogP contribution in [0.3, 0.4) is 0 Å². The van der Waals surface area contributed by atoms with Gasteiger partial charge in [0.1, 0.15) is 17.2 Å². The second-order valence-electron chi connectivity index (χ2n) is 6.88. The molecule has 2 heterocycles. The normalized spacial score (nSPS) is 11.5. The lowest BCUT2D eigenvalue weighted by atomic mass is 10.1. The summed E-state index contributed by atoms with van der Waals surface area (Å²) < 4.78 is 5.28. The van der Waals surface area contributed by atoms with Crippen LogP contribution in [0.15, 0.2) is 56.5 Å². The van der Waals surface area contributed by atoms with Crippen LogP contribution in [-0.4, -0.2) is 27.0 Å². The first-order chi connectivity index (χ1) is 13.4. The Morgan fingerprint density at radius 1 is 1.11 bits per heavy atom. The van der Waals surface area contributed by atoms with E-state index in [9.17, 15) is 14.7 Å². The molecule has 0 unspecified atom stereocenters. The van der Waals surface area contributed by atoms with Crippen LogP contribution in [0.5, 0.6) is 5.75 Å². The number of rotatable bonds is 4. The van der Waals surface area contributed by atoms with Crippen LogP contribution in [-0.2, 0) is 13.1 Å². The molecule has 0 saturated carbocycles. The van der Waals surface area contributed by atoms with E-state index >= 15 is 0 Å². The summed E-state index contributed by atoms with van der Waals surface area (Å²) in [4.78, 5) is 33.5. The molecule has 0 aliphatic carbocycles. The van der Waals surface area contributed by atoms with Crippen LogP contribution in [0.25, 0.3) is 21.9 Å². The molecular formula is C21H19N3O4. The summed E-state index contributed by atoms with van der Waals surface area (Å²) in [5.74, 6) is 0.631. The number of hydrogen-bond acceptors (Lipinski definition) is 6. The van der Waals surface area contributed by atoms with Gasteiger partial charge in [0, 0.05) is 23.6 Å². The summed E-state index contributed by atoms with van der Waals surface area (Å²) in [5, 5.41) is 11.2.